The maximum atomic E-state index is 12.0. The zero-order valence-electron chi connectivity index (χ0n) is 17.4. The van der Waals surface area contributed by atoms with Gasteiger partial charge in [0.05, 0.1) is 18.4 Å². The first-order chi connectivity index (χ1) is 14.0. The summed E-state index contributed by atoms with van der Waals surface area (Å²) in [5.41, 5.74) is 0.549. The topological polar surface area (TPSA) is 71.1 Å². The number of benzene rings is 1. The molecule has 1 saturated heterocycles. The van der Waals surface area contributed by atoms with E-state index >= 15 is 0 Å². The molecule has 0 bridgehead atoms. The number of rotatable bonds is 9. The summed E-state index contributed by atoms with van der Waals surface area (Å²) in [5, 5.41) is -0.0626. The summed E-state index contributed by atoms with van der Waals surface area (Å²) in [6, 6.07) is 7.13. The lowest BCUT2D eigenvalue weighted by Crippen LogP contribution is -2.34. The molecular weight excluding hydrogens is 388 g/mol. The minimum absolute atomic E-state index is 0.0626. The highest BCUT2D eigenvalue weighted by Crippen LogP contribution is 2.23. The van der Waals surface area contributed by atoms with Crippen molar-refractivity contribution in [3.8, 4) is 5.75 Å². The molecule has 1 aliphatic heterocycles. The van der Waals surface area contributed by atoms with Crippen LogP contribution in [0.1, 0.15) is 38.7 Å². The van der Waals surface area contributed by atoms with Crippen molar-refractivity contribution in [2.75, 3.05) is 26.4 Å². The molecule has 1 atom stereocenters. The highest BCUT2D eigenvalue weighted by Gasteiger charge is 2.24. The summed E-state index contributed by atoms with van der Waals surface area (Å²) in [5.74, 6) is -0.690. The standard InChI is InChI=1S/C22H30O6Si/c1-3-25-20(23)19(21(24)26-4-2)16-17-8-10-18(11-9-17)27-14-7-13-22(29)12-5-6-15-28-22/h7-11,13,16H,3-6,12,14-15H2,1-2,29H3. The molecule has 0 spiro atoms. The second kappa shape index (κ2) is 11.6. The summed E-state index contributed by atoms with van der Waals surface area (Å²) in [7, 11) is 0.964. The number of esters is 2. The maximum Gasteiger partial charge on any atom is 0.345 e. The first-order valence-corrected chi connectivity index (χ1v) is 11.1. The van der Waals surface area contributed by atoms with Gasteiger partial charge in [-0.15, -0.1) is 0 Å². The van der Waals surface area contributed by atoms with E-state index in [1.807, 2.05) is 6.08 Å². The Hall–Kier alpha value is -2.38. The van der Waals surface area contributed by atoms with Gasteiger partial charge in [0.25, 0.3) is 0 Å². The Morgan fingerprint density at radius 2 is 1.76 bits per heavy atom. The van der Waals surface area contributed by atoms with Crippen LogP contribution < -0.4 is 4.74 Å². The summed E-state index contributed by atoms with van der Waals surface area (Å²) >= 11 is 0. The van der Waals surface area contributed by atoms with Gasteiger partial charge < -0.3 is 18.9 Å². The minimum Gasteiger partial charge on any atom is -0.490 e. The zero-order valence-corrected chi connectivity index (χ0v) is 19.4. The van der Waals surface area contributed by atoms with E-state index in [0.717, 1.165) is 29.7 Å². The number of carbonyl (C=O) groups is 2. The van der Waals surface area contributed by atoms with E-state index in [9.17, 15) is 9.59 Å². The molecular formula is C22H30O6Si. The molecule has 1 aromatic rings. The van der Waals surface area contributed by atoms with Crippen LogP contribution in [-0.4, -0.2) is 53.8 Å². The van der Waals surface area contributed by atoms with Crippen molar-refractivity contribution in [1.29, 1.82) is 0 Å². The van der Waals surface area contributed by atoms with Gasteiger partial charge >= 0.3 is 11.9 Å². The van der Waals surface area contributed by atoms with Crippen molar-refractivity contribution in [1.82, 2.24) is 0 Å². The van der Waals surface area contributed by atoms with Crippen LogP contribution in [0.3, 0.4) is 0 Å². The summed E-state index contributed by atoms with van der Waals surface area (Å²) in [4.78, 5) is 24.1. The van der Waals surface area contributed by atoms with Crippen molar-refractivity contribution in [2.24, 2.45) is 0 Å². The van der Waals surface area contributed by atoms with Crippen molar-refractivity contribution >= 4 is 28.3 Å². The van der Waals surface area contributed by atoms with Crippen LogP contribution in [0.25, 0.3) is 6.08 Å². The van der Waals surface area contributed by atoms with Crippen LogP contribution >= 0.6 is 0 Å². The van der Waals surface area contributed by atoms with Crippen molar-refractivity contribution in [3.05, 3.63) is 47.6 Å². The molecule has 1 aromatic carbocycles. The smallest absolute Gasteiger partial charge is 0.345 e. The molecule has 0 saturated carbocycles. The van der Waals surface area contributed by atoms with Gasteiger partial charge in [-0.25, -0.2) is 9.59 Å². The van der Waals surface area contributed by atoms with Crippen molar-refractivity contribution in [3.63, 3.8) is 0 Å². The second-order valence-corrected chi connectivity index (χ2v) is 8.59. The number of ether oxygens (including phenoxy) is 4. The average Bonchev–Trinajstić information content (AvgIpc) is 2.71. The summed E-state index contributed by atoms with van der Waals surface area (Å²) in [6.07, 6.45) is 9.03. The summed E-state index contributed by atoms with van der Waals surface area (Å²) in [6.45, 7) is 5.03. The van der Waals surface area contributed by atoms with Gasteiger partial charge in [0.2, 0.25) is 0 Å². The first kappa shape index (κ1) is 22.9. The Morgan fingerprint density at radius 1 is 1.10 bits per heavy atom. The van der Waals surface area contributed by atoms with Gasteiger partial charge in [0.1, 0.15) is 17.9 Å². The molecule has 1 aliphatic rings. The molecule has 0 radical (unpaired) electrons. The third kappa shape index (κ3) is 7.51. The fourth-order valence-corrected chi connectivity index (χ4v) is 3.77. The van der Waals surface area contributed by atoms with Crippen LogP contribution in [0.15, 0.2) is 42.0 Å². The Labute approximate surface area is 175 Å². The Kier molecular flexibility index (Phi) is 9.14. The SMILES string of the molecule is CCOC(=O)C(=Cc1ccc(OCC=CC2([SiH3])CCCCO2)cc1)C(=O)OCC. The number of carbonyl (C=O) groups excluding carboxylic acids is 2. The van der Waals surface area contributed by atoms with E-state index in [0.29, 0.717) is 17.9 Å². The molecule has 158 valence electrons. The van der Waals surface area contributed by atoms with E-state index in [1.54, 1.807) is 38.1 Å². The van der Waals surface area contributed by atoms with Gasteiger partial charge in [0, 0.05) is 16.8 Å². The first-order valence-electron chi connectivity index (χ1n) is 10.1. The Bertz CT molecular complexity index is 712. The van der Waals surface area contributed by atoms with E-state index in [-0.39, 0.29) is 24.0 Å². The fourth-order valence-electron chi connectivity index (χ4n) is 2.97. The normalized spacial score (nSPS) is 19.0. The predicted molar refractivity (Wildman–Crippen MR) is 115 cm³/mol. The van der Waals surface area contributed by atoms with Crippen LogP contribution in [0.2, 0.25) is 0 Å². The highest BCUT2D eigenvalue weighted by atomic mass is 28.1. The van der Waals surface area contributed by atoms with E-state index in [2.05, 4.69) is 6.08 Å². The maximum absolute atomic E-state index is 12.0. The average molecular weight is 419 g/mol. The van der Waals surface area contributed by atoms with Crippen LogP contribution in [0.5, 0.6) is 5.75 Å². The van der Waals surface area contributed by atoms with E-state index < -0.39 is 11.9 Å². The fraction of sp³-hybridized carbons (Fsp3) is 0.455. The number of hydrogen-bond acceptors (Lipinski definition) is 6. The second-order valence-electron chi connectivity index (χ2n) is 6.90. The molecule has 1 unspecified atom stereocenters. The zero-order chi connectivity index (χ0) is 21.1. The third-order valence-electron chi connectivity index (χ3n) is 4.50. The lowest BCUT2D eigenvalue weighted by molar-refractivity contribution is -0.146. The van der Waals surface area contributed by atoms with E-state index in [4.69, 9.17) is 18.9 Å². The Balaban J connectivity index is 1.97. The summed E-state index contributed by atoms with van der Waals surface area (Å²) < 4.78 is 21.5. The van der Waals surface area contributed by atoms with Crippen LogP contribution in [0.4, 0.5) is 0 Å². The molecule has 2 rings (SSSR count). The molecule has 1 heterocycles. The molecule has 0 amide bonds. The van der Waals surface area contributed by atoms with Gasteiger partial charge in [-0.1, -0.05) is 18.2 Å². The molecule has 1 fully saturated rings. The molecule has 7 heteroatoms. The molecule has 0 aromatic heterocycles. The molecule has 0 aliphatic carbocycles. The monoisotopic (exact) mass is 418 g/mol. The molecule has 0 N–H and O–H groups in total. The highest BCUT2D eigenvalue weighted by molar-refractivity contribution is 6.17. The number of hydrogen-bond donors (Lipinski definition) is 0. The molecule has 6 nitrogen and oxygen atoms in total. The lowest BCUT2D eigenvalue weighted by Gasteiger charge is -2.31. The lowest BCUT2D eigenvalue weighted by atomic mass is 10.1. The Morgan fingerprint density at radius 3 is 2.31 bits per heavy atom. The predicted octanol–water partition coefficient (Wildman–Crippen LogP) is 2.39. The molecule has 29 heavy (non-hydrogen) atoms. The van der Waals surface area contributed by atoms with Crippen molar-refractivity contribution < 1.29 is 28.5 Å². The quantitative estimate of drug-likeness (QED) is 0.153. The van der Waals surface area contributed by atoms with Gasteiger partial charge in [-0.05, 0) is 63.0 Å². The van der Waals surface area contributed by atoms with Gasteiger partial charge in [0.15, 0.2) is 0 Å². The third-order valence-corrected chi connectivity index (χ3v) is 5.62. The van der Waals surface area contributed by atoms with Crippen molar-refractivity contribution in [2.45, 2.75) is 38.3 Å². The van der Waals surface area contributed by atoms with Gasteiger partial charge in [-0.3, -0.25) is 0 Å². The van der Waals surface area contributed by atoms with Crippen LogP contribution in [-0.2, 0) is 23.8 Å². The van der Waals surface area contributed by atoms with Crippen LogP contribution in [0, 0.1) is 0 Å². The minimum atomic E-state index is -0.696. The van der Waals surface area contributed by atoms with E-state index in [1.165, 1.54) is 12.5 Å². The largest absolute Gasteiger partial charge is 0.490 e. The van der Waals surface area contributed by atoms with Gasteiger partial charge in [-0.2, -0.15) is 0 Å².